The third-order valence-electron chi connectivity index (χ3n) is 5.72. The Labute approximate surface area is 202 Å². The van der Waals surface area contributed by atoms with E-state index in [9.17, 15) is 9.59 Å². The van der Waals surface area contributed by atoms with Crippen LogP contribution < -0.4 is 20.1 Å². The summed E-state index contributed by atoms with van der Waals surface area (Å²) < 4.78 is 10.6. The zero-order valence-corrected chi connectivity index (χ0v) is 20.1. The van der Waals surface area contributed by atoms with Crippen molar-refractivity contribution in [3.8, 4) is 11.5 Å². The van der Waals surface area contributed by atoms with Crippen molar-refractivity contribution in [1.82, 2.24) is 15.1 Å². The monoisotopic (exact) mass is 481 g/mol. The molecular weight excluding hydrogens is 454 g/mol. The highest BCUT2D eigenvalue weighted by molar-refractivity contribution is 7.13. The highest BCUT2D eigenvalue weighted by Gasteiger charge is 2.28. The van der Waals surface area contributed by atoms with Gasteiger partial charge in [0, 0.05) is 36.4 Å². The van der Waals surface area contributed by atoms with Crippen molar-refractivity contribution in [2.45, 2.75) is 25.7 Å². The van der Waals surface area contributed by atoms with Gasteiger partial charge in [0.1, 0.15) is 5.01 Å². The van der Waals surface area contributed by atoms with E-state index in [4.69, 9.17) is 9.47 Å². The van der Waals surface area contributed by atoms with Crippen LogP contribution in [-0.2, 0) is 0 Å². The smallest absolute Gasteiger partial charge is 0.321 e. The SMILES string of the molecule is COc1ccc(NC(=O)N2CCC[C@@H](c3nnc(C(=O)Nc4ccccc4C)s3)C2)cc1OC. The molecule has 1 aliphatic heterocycles. The molecule has 0 spiro atoms. The van der Waals surface area contributed by atoms with Gasteiger partial charge in [-0.15, -0.1) is 10.2 Å². The maximum absolute atomic E-state index is 12.9. The fourth-order valence-electron chi connectivity index (χ4n) is 3.86. The second kappa shape index (κ2) is 10.5. The number of nitrogens with one attached hydrogen (secondary N) is 2. The number of methoxy groups -OCH3 is 2. The number of hydrogen-bond acceptors (Lipinski definition) is 7. The third kappa shape index (κ3) is 5.28. The molecule has 0 radical (unpaired) electrons. The molecule has 0 aliphatic carbocycles. The van der Waals surface area contributed by atoms with E-state index in [1.54, 1.807) is 37.3 Å². The molecule has 2 heterocycles. The van der Waals surface area contributed by atoms with E-state index in [0.29, 0.717) is 35.3 Å². The molecule has 2 N–H and O–H groups in total. The number of carbonyl (C=O) groups excluding carboxylic acids is 2. The van der Waals surface area contributed by atoms with Gasteiger partial charge in [-0.1, -0.05) is 29.5 Å². The summed E-state index contributed by atoms with van der Waals surface area (Å²) in [7, 11) is 3.12. The molecule has 2 aromatic carbocycles. The van der Waals surface area contributed by atoms with Crippen molar-refractivity contribution in [1.29, 1.82) is 0 Å². The Balaban J connectivity index is 1.39. The third-order valence-corrected chi connectivity index (χ3v) is 6.81. The second-order valence-corrected chi connectivity index (χ2v) is 9.01. The molecule has 0 saturated carbocycles. The Kier molecular flexibility index (Phi) is 7.27. The van der Waals surface area contributed by atoms with Gasteiger partial charge in [0.2, 0.25) is 5.01 Å². The number of para-hydroxylation sites is 1. The fraction of sp³-hybridized carbons (Fsp3) is 0.333. The van der Waals surface area contributed by atoms with Crippen molar-refractivity contribution < 1.29 is 19.1 Å². The number of aromatic nitrogens is 2. The van der Waals surface area contributed by atoms with Crippen LogP contribution in [0.5, 0.6) is 11.5 Å². The lowest BCUT2D eigenvalue weighted by Crippen LogP contribution is -2.41. The number of likely N-dealkylation sites (tertiary alicyclic amines) is 1. The average molecular weight is 482 g/mol. The van der Waals surface area contributed by atoms with Crippen molar-refractivity contribution in [2.75, 3.05) is 37.9 Å². The molecule has 1 saturated heterocycles. The minimum Gasteiger partial charge on any atom is -0.493 e. The Bertz CT molecular complexity index is 1180. The first-order chi connectivity index (χ1) is 16.5. The van der Waals surface area contributed by atoms with E-state index in [-0.39, 0.29) is 17.9 Å². The maximum Gasteiger partial charge on any atom is 0.321 e. The van der Waals surface area contributed by atoms with E-state index in [0.717, 1.165) is 29.1 Å². The lowest BCUT2D eigenvalue weighted by molar-refractivity contribution is 0.102. The minimum absolute atomic E-state index is 0.0300. The molecule has 3 aromatic rings. The van der Waals surface area contributed by atoms with Gasteiger partial charge in [-0.05, 0) is 43.5 Å². The zero-order chi connectivity index (χ0) is 24.1. The molecule has 4 rings (SSSR count). The van der Waals surface area contributed by atoms with E-state index >= 15 is 0 Å². The summed E-state index contributed by atoms with van der Waals surface area (Å²) in [5.41, 5.74) is 2.35. The van der Waals surface area contributed by atoms with Gasteiger partial charge < -0.3 is 25.0 Å². The number of urea groups is 1. The molecule has 9 nitrogen and oxygen atoms in total. The van der Waals surface area contributed by atoms with Gasteiger partial charge in [-0.2, -0.15) is 0 Å². The molecule has 1 atom stereocenters. The van der Waals surface area contributed by atoms with Crippen LogP contribution in [0.15, 0.2) is 42.5 Å². The molecule has 10 heteroatoms. The van der Waals surface area contributed by atoms with E-state index in [1.165, 1.54) is 11.3 Å². The number of anilines is 2. The predicted octanol–water partition coefficient (Wildman–Crippen LogP) is 4.53. The first kappa shape index (κ1) is 23.5. The van der Waals surface area contributed by atoms with Crippen LogP contribution in [0.1, 0.15) is 39.1 Å². The molecule has 178 valence electrons. The molecule has 34 heavy (non-hydrogen) atoms. The van der Waals surface area contributed by atoms with Crippen molar-refractivity contribution in [2.24, 2.45) is 0 Å². The number of hydrogen-bond donors (Lipinski definition) is 2. The van der Waals surface area contributed by atoms with Crippen molar-refractivity contribution in [3.63, 3.8) is 0 Å². The van der Waals surface area contributed by atoms with Crippen LogP contribution in [0.3, 0.4) is 0 Å². The summed E-state index contributed by atoms with van der Waals surface area (Å²) in [5, 5.41) is 15.2. The second-order valence-electron chi connectivity index (χ2n) is 8.00. The molecule has 1 aliphatic rings. The van der Waals surface area contributed by atoms with Crippen LogP contribution in [-0.4, -0.2) is 54.3 Å². The zero-order valence-electron chi connectivity index (χ0n) is 19.3. The Hall–Kier alpha value is -3.66. The van der Waals surface area contributed by atoms with E-state index in [2.05, 4.69) is 20.8 Å². The molecule has 1 aromatic heterocycles. The van der Waals surface area contributed by atoms with Gasteiger partial charge in [0.05, 0.1) is 14.2 Å². The van der Waals surface area contributed by atoms with Gasteiger partial charge in [-0.25, -0.2) is 4.79 Å². The van der Waals surface area contributed by atoms with Gasteiger partial charge in [0.15, 0.2) is 11.5 Å². The summed E-state index contributed by atoms with van der Waals surface area (Å²) in [5.74, 6) is 0.888. The lowest BCUT2D eigenvalue weighted by Gasteiger charge is -2.31. The lowest BCUT2D eigenvalue weighted by atomic mass is 9.99. The molecule has 1 fully saturated rings. The number of aryl methyl sites for hydroxylation is 1. The standard InChI is InChI=1S/C24H27N5O4S/c1-15-7-4-5-9-18(15)26-21(30)23-28-27-22(34-23)16-8-6-12-29(14-16)24(31)25-17-10-11-19(32-2)20(13-17)33-3/h4-5,7,9-11,13,16H,6,8,12,14H2,1-3H3,(H,25,31)(H,26,30)/t16-/m1/s1. The van der Waals surface area contributed by atoms with Crippen LogP contribution in [0.4, 0.5) is 16.2 Å². The number of carbonyl (C=O) groups is 2. The maximum atomic E-state index is 12.9. The van der Waals surface area contributed by atoms with Crippen LogP contribution >= 0.6 is 11.3 Å². The Morgan fingerprint density at radius 2 is 1.85 bits per heavy atom. The van der Waals surface area contributed by atoms with Crippen molar-refractivity contribution in [3.05, 3.63) is 58.0 Å². The summed E-state index contributed by atoms with van der Waals surface area (Å²) in [6, 6.07) is 12.6. The van der Waals surface area contributed by atoms with Crippen molar-refractivity contribution >= 4 is 34.6 Å². The highest BCUT2D eigenvalue weighted by atomic mass is 32.1. The molecule has 0 bridgehead atoms. The largest absolute Gasteiger partial charge is 0.493 e. The number of nitrogens with zero attached hydrogens (tertiary/aromatic N) is 3. The Morgan fingerprint density at radius 1 is 1.06 bits per heavy atom. The predicted molar refractivity (Wildman–Crippen MR) is 131 cm³/mol. The number of amides is 3. The number of rotatable bonds is 6. The quantitative estimate of drug-likeness (QED) is 0.536. The van der Waals surface area contributed by atoms with Gasteiger partial charge >= 0.3 is 6.03 Å². The summed E-state index contributed by atoms with van der Waals surface area (Å²) >= 11 is 1.28. The van der Waals surface area contributed by atoms with Crippen LogP contribution in [0.2, 0.25) is 0 Å². The minimum atomic E-state index is -0.281. The van der Waals surface area contributed by atoms with E-state index < -0.39 is 0 Å². The highest BCUT2D eigenvalue weighted by Crippen LogP contribution is 2.32. The van der Waals surface area contributed by atoms with Gasteiger partial charge in [0.25, 0.3) is 5.91 Å². The number of benzene rings is 2. The topological polar surface area (TPSA) is 106 Å². The average Bonchev–Trinajstić information content (AvgIpc) is 3.36. The normalized spacial score (nSPS) is 15.5. The molecular formula is C24H27N5O4S. The van der Waals surface area contributed by atoms with Crippen LogP contribution in [0.25, 0.3) is 0 Å². The first-order valence-electron chi connectivity index (χ1n) is 11.0. The molecule has 3 amide bonds. The van der Waals surface area contributed by atoms with E-state index in [1.807, 2.05) is 31.2 Å². The molecule has 0 unspecified atom stereocenters. The number of piperidine rings is 1. The first-order valence-corrected chi connectivity index (χ1v) is 11.8. The number of ether oxygens (including phenoxy) is 2. The summed E-state index contributed by atoms with van der Waals surface area (Å²) in [6.45, 7) is 3.09. The van der Waals surface area contributed by atoms with Crippen LogP contribution in [0, 0.1) is 6.92 Å². The summed E-state index contributed by atoms with van der Waals surface area (Å²) in [6.07, 6.45) is 1.72. The van der Waals surface area contributed by atoms with Gasteiger partial charge in [-0.3, -0.25) is 4.79 Å². The summed E-state index contributed by atoms with van der Waals surface area (Å²) in [4.78, 5) is 27.3. The Morgan fingerprint density at radius 3 is 2.62 bits per heavy atom. The fourth-order valence-corrected chi connectivity index (χ4v) is 4.72.